The maximum Gasteiger partial charge on any atom is 0.284 e. The Kier molecular flexibility index (Phi) is 5.24. The fraction of sp³-hybridized carbons (Fsp3) is 0.158. The van der Waals surface area contributed by atoms with Gasteiger partial charge in [-0.25, -0.2) is 0 Å². The van der Waals surface area contributed by atoms with Crippen LogP contribution in [0.5, 0.6) is 0 Å². The number of ketones is 1. The molecule has 4 nitrogen and oxygen atoms in total. The number of nitriles is 1. The van der Waals surface area contributed by atoms with Crippen LogP contribution in [-0.2, 0) is 5.75 Å². The van der Waals surface area contributed by atoms with Crippen LogP contribution in [0.2, 0.25) is 0 Å². The lowest BCUT2D eigenvalue weighted by molar-refractivity contribution is 0.104. The van der Waals surface area contributed by atoms with Crippen LogP contribution in [0.15, 0.2) is 46.4 Å². The highest BCUT2D eigenvalue weighted by atomic mass is 32.2. The van der Waals surface area contributed by atoms with Gasteiger partial charge in [-0.1, -0.05) is 30.0 Å². The van der Waals surface area contributed by atoms with Gasteiger partial charge in [-0.2, -0.15) is 14.0 Å². The number of nitrogens with one attached hydrogen (secondary N) is 1. The van der Waals surface area contributed by atoms with Crippen molar-refractivity contribution in [1.29, 1.82) is 5.26 Å². The van der Waals surface area contributed by atoms with Crippen molar-refractivity contribution in [2.75, 3.05) is 0 Å². The van der Waals surface area contributed by atoms with Crippen molar-refractivity contribution in [2.45, 2.75) is 18.4 Å². The molecule has 0 aliphatic heterocycles. The second kappa shape index (κ2) is 7.58. The first-order chi connectivity index (χ1) is 12.5. The van der Waals surface area contributed by atoms with Crippen LogP contribution in [0.3, 0.4) is 0 Å². The molecule has 132 valence electrons. The third-order valence-corrected chi connectivity index (χ3v) is 4.51. The molecule has 26 heavy (non-hydrogen) atoms. The Labute approximate surface area is 152 Å². The summed E-state index contributed by atoms with van der Waals surface area (Å²) in [5, 5.41) is 10.1. The summed E-state index contributed by atoms with van der Waals surface area (Å²) >= 11 is 0.446. The number of carbonyl (C=O) groups excluding carboxylic acids is 1. The predicted octanol–water partition coefficient (Wildman–Crippen LogP) is 5.32. The SMILES string of the molecule is Cc1[nH]c2ccccc2c1C(=O)/C(C#N)=C/c1ccc(CSC(F)F)o1. The number of allylic oxidation sites excluding steroid dienone is 1. The third-order valence-electron chi connectivity index (χ3n) is 3.81. The first kappa shape index (κ1) is 18.0. The lowest BCUT2D eigenvalue weighted by Crippen LogP contribution is -2.03. The van der Waals surface area contributed by atoms with E-state index >= 15 is 0 Å². The fourth-order valence-corrected chi connectivity index (χ4v) is 3.13. The lowest BCUT2D eigenvalue weighted by Gasteiger charge is -2.00. The molecule has 0 aliphatic rings. The van der Waals surface area contributed by atoms with E-state index in [0.29, 0.717) is 28.8 Å². The Morgan fingerprint density at radius 2 is 2.12 bits per heavy atom. The van der Waals surface area contributed by atoms with Gasteiger partial charge in [-0.15, -0.1) is 0 Å². The Balaban J connectivity index is 1.91. The highest BCUT2D eigenvalue weighted by Gasteiger charge is 2.20. The molecule has 0 amide bonds. The van der Waals surface area contributed by atoms with E-state index < -0.39 is 11.5 Å². The molecule has 0 bridgehead atoms. The zero-order chi connectivity index (χ0) is 18.7. The standard InChI is InChI=1S/C19H14F2N2O2S/c1-11-17(15-4-2-3-5-16(15)23-11)18(24)12(9-22)8-13-6-7-14(25-13)10-26-19(20)21/h2-8,19,23H,10H2,1H3/b12-8+. The van der Waals surface area contributed by atoms with Crippen molar-refractivity contribution in [3.05, 3.63) is 64.7 Å². The number of rotatable bonds is 6. The van der Waals surface area contributed by atoms with Gasteiger partial charge in [0.2, 0.25) is 5.78 Å². The van der Waals surface area contributed by atoms with Gasteiger partial charge in [0.1, 0.15) is 23.2 Å². The van der Waals surface area contributed by atoms with Crippen LogP contribution in [0.25, 0.3) is 17.0 Å². The Morgan fingerprint density at radius 3 is 2.85 bits per heavy atom. The van der Waals surface area contributed by atoms with Crippen LogP contribution in [0.1, 0.15) is 27.6 Å². The van der Waals surface area contributed by atoms with Crippen LogP contribution in [0.4, 0.5) is 8.78 Å². The first-order valence-electron chi connectivity index (χ1n) is 7.72. The number of hydrogen-bond donors (Lipinski definition) is 1. The number of aromatic amines is 1. The molecular weight excluding hydrogens is 358 g/mol. The van der Waals surface area contributed by atoms with E-state index in [-0.39, 0.29) is 17.1 Å². The zero-order valence-corrected chi connectivity index (χ0v) is 14.6. The average Bonchev–Trinajstić information content (AvgIpc) is 3.20. The number of benzene rings is 1. The smallest absolute Gasteiger partial charge is 0.284 e. The van der Waals surface area contributed by atoms with Crippen molar-refractivity contribution in [2.24, 2.45) is 0 Å². The molecular formula is C19H14F2N2O2S. The number of aryl methyl sites for hydroxylation is 1. The maximum absolute atomic E-state index is 12.8. The van der Waals surface area contributed by atoms with Crippen LogP contribution in [-0.4, -0.2) is 16.5 Å². The molecule has 1 aromatic carbocycles. The van der Waals surface area contributed by atoms with Crippen LogP contribution >= 0.6 is 11.8 Å². The number of Topliss-reactive ketones (excluding diaryl/α,β-unsaturated/α-hetero) is 1. The molecule has 1 N–H and O–H groups in total. The third kappa shape index (κ3) is 3.70. The Hall–Kier alpha value is -2.85. The quantitative estimate of drug-likeness (QED) is 0.361. The summed E-state index contributed by atoms with van der Waals surface area (Å²) in [7, 11) is 0. The number of furan rings is 1. The molecule has 0 unspecified atom stereocenters. The van der Waals surface area contributed by atoms with Gasteiger partial charge >= 0.3 is 0 Å². The van der Waals surface area contributed by atoms with Crippen LogP contribution < -0.4 is 0 Å². The number of aromatic nitrogens is 1. The zero-order valence-electron chi connectivity index (χ0n) is 13.8. The molecule has 3 aromatic rings. The maximum atomic E-state index is 12.8. The van der Waals surface area contributed by atoms with E-state index in [1.807, 2.05) is 30.3 Å². The molecule has 0 atom stereocenters. The van der Waals surface area contributed by atoms with E-state index in [1.54, 1.807) is 19.1 Å². The van der Waals surface area contributed by atoms with Crippen molar-refractivity contribution >= 4 is 34.5 Å². The number of alkyl halides is 2. The molecule has 0 saturated carbocycles. The highest BCUT2D eigenvalue weighted by Crippen LogP contribution is 2.26. The first-order valence-corrected chi connectivity index (χ1v) is 8.76. The summed E-state index contributed by atoms with van der Waals surface area (Å²) in [5.41, 5.74) is 1.84. The van der Waals surface area contributed by atoms with E-state index in [2.05, 4.69) is 4.98 Å². The minimum atomic E-state index is -2.49. The minimum Gasteiger partial charge on any atom is -0.461 e. The monoisotopic (exact) mass is 372 g/mol. The largest absolute Gasteiger partial charge is 0.461 e. The van der Waals surface area contributed by atoms with Crippen LogP contribution in [0, 0.1) is 18.3 Å². The minimum absolute atomic E-state index is 0.0168. The van der Waals surface area contributed by atoms with Crippen molar-refractivity contribution in [3.63, 3.8) is 0 Å². The summed E-state index contributed by atoms with van der Waals surface area (Å²) in [6.45, 7) is 1.77. The normalized spacial score (nSPS) is 11.9. The van der Waals surface area contributed by atoms with E-state index in [9.17, 15) is 18.8 Å². The molecule has 7 heteroatoms. The van der Waals surface area contributed by atoms with Gasteiger partial charge in [0, 0.05) is 22.7 Å². The van der Waals surface area contributed by atoms with Crippen molar-refractivity contribution in [1.82, 2.24) is 4.98 Å². The molecule has 2 aromatic heterocycles. The lowest BCUT2D eigenvalue weighted by atomic mass is 10.0. The van der Waals surface area contributed by atoms with E-state index in [1.165, 1.54) is 6.08 Å². The summed E-state index contributed by atoms with van der Waals surface area (Å²) in [6.07, 6.45) is 1.33. The molecule has 2 heterocycles. The number of para-hydroxylation sites is 1. The van der Waals surface area contributed by atoms with Crippen molar-refractivity contribution in [3.8, 4) is 6.07 Å². The summed E-state index contributed by atoms with van der Waals surface area (Å²) in [4.78, 5) is 16.0. The molecule has 0 fully saturated rings. The number of halogens is 2. The summed E-state index contributed by atoms with van der Waals surface area (Å²) in [5.74, 6) is -2.25. The summed E-state index contributed by atoms with van der Waals surface area (Å²) in [6, 6.07) is 12.4. The molecule has 0 spiro atoms. The number of hydrogen-bond acceptors (Lipinski definition) is 4. The Morgan fingerprint density at radius 1 is 1.35 bits per heavy atom. The summed E-state index contributed by atoms with van der Waals surface area (Å²) < 4.78 is 29.9. The highest BCUT2D eigenvalue weighted by molar-refractivity contribution is 7.98. The molecule has 0 saturated heterocycles. The second-order valence-electron chi connectivity index (χ2n) is 5.55. The van der Waals surface area contributed by atoms with Gasteiger partial charge in [-0.3, -0.25) is 4.79 Å². The molecule has 3 rings (SSSR count). The van der Waals surface area contributed by atoms with Gasteiger partial charge in [-0.05, 0) is 25.1 Å². The predicted molar refractivity (Wildman–Crippen MR) is 97.0 cm³/mol. The topological polar surface area (TPSA) is 69.8 Å². The number of thioether (sulfide) groups is 1. The number of H-pyrrole nitrogens is 1. The van der Waals surface area contributed by atoms with E-state index in [4.69, 9.17) is 4.42 Å². The average molecular weight is 372 g/mol. The fourth-order valence-electron chi connectivity index (χ4n) is 2.69. The molecule has 0 aliphatic carbocycles. The van der Waals surface area contributed by atoms with E-state index in [0.717, 1.165) is 10.9 Å². The van der Waals surface area contributed by atoms with Gasteiger partial charge in [0.25, 0.3) is 5.76 Å². The van der Waals surface area contributed by atoms with Gasteiger partial charge in [0.15, 0.2) is 0 Å². The number of fused-ring (bicyclic) bond motifs is 1. The van der Waals surface area contributed by atoms with Crippen molar-refractivity contribution < 1.29 is 18.0 Å². The number of carbonyl (C=O) groups is 1. The number of nitrogens with zero attached hydrogens (tertiary/aromatic N) is 1. The molecule has 0 radical (unpaired) electrons. The van der Waals surface area contributed by atoms with Gasteiger partial charge in [0.05, 0.1) is 11.3 Å². The van der Waals surface area contributed by atoms with Gasteiger partial charge < -0.3 is 9.40 Å². The second-order valence-corrected chi connectivity index (χ2v) is 6.52. The Bertz CT molecular complexity index is 1030.